The zero-order valence-electron chi connectivity index (χ0n) is 16.4. The van der Waals surface area contributed by atoms with Crippen molar-refractivity contribution in [1.29, 1.82) is 0 Å². The normalized spacial score (nSPS) is 23.3. The number of esters is 1. The van der Waals surface area contributed by atoms with Gasteiger partial charge >= 0.3 is 5.97 Å². The molecule has 0 radical (unpaired) electrons. The lowest BCUT2D eigenvalue weighted by atomic mass is 9.65. The highest BCUT2D eigenvalue weighted by Gasteiger charge is 2.39. The molecule has 1 aliphatic carbocycles. The lowest BCUT2D eigenvalue weighted by molar-refractivity contribution is -0.145. The van der Waals surface area contributed by atoms with Crippen molar-refractivity contribution in [3.05, 3.63) is 34.4 Å². The van der Waals surface area contributed by atoms with Crippen LogP contribution < -0.4 is 0 Å². The Morgan fingerprint density at radius 3 is 2.36 bits per heavy atom. The van der Waals surface area contributed by atoms with Crippen molar-refractivity contribution in [2.75, 3.05) is 7.11 Å². The minimum Gasteiger partial charge on any atom is -0.469 e. The Hall–Kier alpha value is -1.64. The number of aryl methyl sites for hydroxylation is 3. The lowest BCUT2D eigenvalue weighted by Crippen LogP contribution is -2.33. The molecule has 0 amide bonds. The van der Waals surface area contributed by atoms with Crippen LogP contribution in [-0.2, 0) is 20.7 Å². The summed E-state index contributed by atoms with van der Waals surface area (Å²) < 4.78 is 4.91. The van der Waals surface area contributed by atoms with Crippen molar-refractivity contribution in [2.45, 2.75) is 72.6 Å². The molecular weight excluding hydrogens is 312 g/mol. The predicted molar refractivity (Wildman–Crippen MR) is 101 cm³/mol. The SMILES string of the molecule is COC(=O)CC1(CC(=O)Cc2c(C)cc(C)cc2C)CCCC(C)C1. The van der Waals surface area contributed by atoms with Crippen LogP contribution in [0.4, 0.5) is 0 Å². The number of ether oxygens (including phenoxy) is 1. The summed E-state index contributed by atoms with van der Waals surface area (Å²) in [5.74, 6) is 0.617. The minimum absolute atomic E-state index is 0.190. The van der Waals surface area contributed by atoms with Gasteiger partial charge in [-0.15, -0.1) is 0 Å². The van der Waals surface area contributed by atoms with Crippen molar-refractivity contribution in [3.63, 3.8) is 0 Å². The molecule has 1 aromatic carbocycles. The molecule has 1 fully saturated rings. The zero-order valence-corrected chi connectivity index (χ0v) is 16.4. The third-order valence-corrected chi connectivity index (χ3v) is 5.72. The Balaban J connectivity index is 2.16. The molecule has 1 aromatic rings. The molecule has 1 saturated carbocycles. The van der Waals surface area contributed by atoms with E-state index in [9.17, 15) is 9.59 Å². The highest BCUT2D eigenvalue weighted by Crippen LogP contribution is 2.45. The molecule has 2 rings (SSSR count). The number of benzene rings is 1. The topological polar surface area (TPSA) is 43.4 Å². The van der Waals surface area contributed by atoms with Gasteiger partial charge < -0.3 is 4.74 Å². The van der Waals surface area contributed by atoms with E-state index in [4.69, 9.17) is 4.74 Å². The number of ketones is 1. The van der Waals surface area contributed by atoms with Gasteiger partial charge in [0.2, 0.25) is 0 Å². The molecule has 0 aliphatic heterocycles. The summed E-state index contributed by atoms with van der Waals surface area (Å²) in [4.78, 5) is 24.8. The van der Waals surface area contributed by atoms with Crippen molar-refractivity contribution in [1.82, 2.24) is 0 Å². The summed E-state index contributed by atoms with van der Waals surface area (Å²) in [5, 5.41) is 0. The van der Waals surface area contributed by atoms with Gasteiger partial charge in [0.05, 0.1) is 13.5 Å². The summed E-state index contributed by atoms with van der Waals surface area (Å²) in [7, 11) is 1.43. The average Bonchev–Trinajstić information content (AvgIpc) is 2.50. The van der Waals surface area contributed by atoms with E-state index in [1.165, 1.54) is 30.2 Å². The van der Waals surface area contributed by atoms with Crippen molar-refractivity contribution >= 4 is 11.8 Å². The first-order chi connectivity index (χ1) is 11.7. The monoisotopic (exact) mass is 344 g/mol. The molecular formula is C22H32O3. The van der Waals surface area contributed by atoms with Crippen molar-refractivity contribution < 1.29 is 14.3 Å². The van der Waals surface area contributed by atoms with Gasteiger partial charge in [0.25, 0.3) is 0 Å². The average molecular weight is 344 g/mol. The van der Waals surface area contributed by atoms with Crippen molar-refractivity contribution in [2.24, 2.45) is 11.3 Å². The number of hydrogen-bond donors (Lipinski definition) is 0. The summed E-state index contributed by atoms with van der Waals surface area (Å²) in [6.45, 7) is 8.47. The van der Waals surface area contributed by atoms with E-state index >= 15 is 0 Å². The molecule has 2 atom stereocenters. The summed E-state index contributed by atoms with van der Waals surface area (Å²) in [6, 6.07) is 4.28. The Labute approximate surface area is 152 Å². The van der Waals surface area contributed by atoms with Gasteiger partial charge in [-0.3, -0.25) is 9.59 Å². The Morgan fingerprint density at radius 2 is 1.80 bits per heavy atom. The van der Waals surface area contributed by atoms with Crippen LogP contribution in [-0.4, -0.2) is 18.9 Å². The van der Waals surface area contributed by atoms with Crippen LogP contribution in [0.3, 0.4) is 0 Å². The third-order valence-electron chi connectivity index (χ3n) is 5.72. The first kappa shape index (κ1) is 19.7. The van der Waals surface area contributed by atoms with Gasteiger partial charge in [-0.1, -0.05) is 37.5 Å². The fourth-order valence-electron chi connectivity index (χ4n) is 4.70. The molecule has 3 heteroatoms. The fourth-order valence-corrected chi connectivity index (χ4v) is 4.70. The number of carbonyl (C=O) groups is 2. The quantitative estimate of drug-likeness (QED) is 0.691. The molecule has 3 nitrogen and oxygen atoms in total. The smallest absolute Gasteiger partial charge is 0.306 e. The number of Topliss-reactive ketones (excluding diaryl/α,β-unsaturated/α-hetero) is 1. The summed E-state index contributed by atoms with van der Waals surface area (Å²) >= 11 is 0. The Morgan fingerprint density at radius 1 is 1.16 bits per heavy atom. The summed E-state index contributed by atoms with van der Waals surface area (Å²) in [6.07, 6.45) is 5.49. The van der Waals surface area contributed by atoms with Crippen LogP contribution >= 0.6 is 0 Å². The van der Waals surface area contributed by atoms with E-state index in [1.54, 1.807) is 0 Å². The van der Waals surface area contributed by atoms with E-state index in [1.807, 2.05) is 0 Å². The van der Waals surface area contributed by atoms with E-state index in [2.05, 4.69) is 39.8 Å². The highest BCUT2D eigenvalue weighted by atomic mass is 16.5. The minimum atomic E-state index is -0.214. The maximum absolute atomic E-state index is 12.9. The van der Waals surface area contributed by atoms with E-state index in [0.29, 0.717) is 25.2 Å². The highest BCUT2D eigenvalue weighted by molar-refractivity contribution is 5.83. The Kier molecular flexibility index (Phi) is 6.42. The first-order valence-corrected chi connectivity index (χ1v) is 9.40. The van der Waals surface area contributed by atoms with Gasteiger partial charge in [0, 0.05) is 12.8 Å². The first-order valence-electron chi connectivity index (χ1n) is 9.40. The fraction of sp³-hybridized carbons (Fsp3) is 0.636. The predicted octanol–water partition coefficient (Wildman–Crippen LogP) is 4.87. The van der Waals surface area contributed by atoms with Gasteiger partial charge in [-0.2, -0.15) is 0 Å². The molecule has 0 heterocycles. The van der Waals surface area contributed by atoms with Crippen LogP contribution in [0, 0.1) is 32.1 Å². The maximum Gasteiger partial charge on any atom is 0.306 e. The van der Waals surface area contributed by atoms with Gasteiger partial charge in [0.1, 0.15) is 5.78 Å². The molecule has 0 bridgehead atoms. The van der Waals surface area contributed by atoms with Crippen LogP contribution in [0.5, 0.6) is 0 Å². The second-order valence-corrected chi connectivity index (χ2v) is 8.22. The third kappa shape index (κ3) is 5.17. The van der Waals surface area contributed by atoms with Crippen LogP contribution in [0.1, 0.15) is 67.7 Å². The summed E-state index contributed by atoms with van der Waals surface area (Å²) in [5.41, 5.74) is 4.53. The largest absolute Gasteiger partial charge is 0.469 e. The van der Waals surface area contributed by atoms with Crippen LogP contribution in [0.25, 0.3) is 0 Å². The number of rotatable bonds is 6. The van der Waals surface area contributed by atoms with E-state index in [0.717, 1.165) is 24.8 Å². The maximum atomic E-state index is 12.9. The van der Waals surface area contributed by atoms with Gasteiger partial charge in [0.15, 0.2) is 0 Å². The van der Waals surface area contributed by atoms with Crippen molar-refractivity contribution in [3.8, 4) is 0 Å². The molecule has 1 aliphatic rings. The lowest BCUT2D eigenvalue weighted by Gasteiger charge is -2.39. The second-order valence-electron chi connectivity index (χ2n) is 8.22. The second kappa shape index (κ2) is 8.16. The molecule has 0 spiro atoms. The van der Waals surface area contributed by atoms with Gasteiger partial charge in [-0.05, 0) is 61.6 Å². The van der Waals surface area contributed by atoms with Crippen LogP contribution in [0.15, 0.2) is 12.1 Å². The molecule has 0 N–H and O–H groups in total. The van der Waals surface area contributed by atoms with Crippen LogP contribution in [0.2, 0.25) is 0 Å². The molecule has 2 unspecified atom stereocenters. The molecule has 0 aromatic heterocycles. The number of carbonyl (C=O) groups excluding carboxylic acids is 2. The standard InChI is InChI=1S/C22H32O3/c1-15-7-6-8-22(12-15,14-21(24)25-5)13-19(23)11-20-17(3)9-16(2)10-18(20)4/h9-10,15H,6-8,11-14H2,1-5H3. The molecule has 138 valence electrons. The Bertz CT molecular complexity index is 624. The number of hydrogen-bond acceptors (Lipinski definition) is 3. The molecule has 0 saturated heterocycles. The zero-order chi connectivity index (χ0) is 18.6. The number of methoxy groups -OCH3 is 1. The van der Waals surface area contributed by atoms with E-state index in [-0.39, 0.29) is 17.2 Å². The van der Waals surface area contributed by atoms with E-state index < -0.39 is 0 Å². The van der Waals surface area contributed by atoms with Gasteiger partial charge in [-0.25, -0.2) is 0 Å². The molecule has 25 heavy (non-hydrogen) atoms.